The zero-order valence-electron chi connectivity index (χ0n) is 12.3. The molecule has 0 aromatic heterocycles. The van der Waals surface area contributed by atoms with E-state index in [0.29, 0.717) is 6.04 Å². The molecule has 1 atom stereocenters. The first-order valence-corrected chi connectivity index (χ1v) is 8.10. The van der Waals surface area contributed by atoms with Crippen LogP contribution in [-0.2, 0) is 4.74 Å². The summed E-state index contributed by atoms with van der Waals surface area (Å²) in [6, 6.07) is 0.603. The van der Waals surface area contributed by atoms with Gasteiger partial charge in [-0.1, -0.05) is 46.0 Å². The second-order valence-corrected chi connectivity index (χ2v) is 6.66. The number of hydrogen-bond donors (Lipinski definition) is 1. The molecule has 1 spiro atoms. The van der Waals surface area contributed by atoms with Crippen LogP contribution in [0.15, 0.2) is 0 Å². The molecule has 1 N–H and O–H groups in total. The maximum atomic E-state index is 6.32. The fourth-order valence-electron chi connectivity index (χ4n) is 3.64. The highest BCUT2D eigenvalue weighted by molar-refractivity contribution is 4.96. The SMILES string of the molecule is CC(C)CCC1NCCOC12CCCCCCC2. The fraction of sp³-hybridized carbons (Fsp3) is 1.00. The molecule has 1 aliphatic heterocycles. The number of morpholine rings is 1. The molecule has 2 nitrogen and oxygen atoms in total. The summed E-state index contributed by atoms with van der Waals surface area (Å²) < 4.78 is 6.32. The Bertz CT molecular complexity index is 231. The molecule has 0 amide bonds. The summed E-state index contributed by atoms with van der Waals surface area (Å²) in [7, 11) is 0. The number of hydrogen-bond acceptors (Lipinski definition) is 2. The van der Waals surface area contributed by atoms with E-state index in [-0.39, 0.29) is 5.60 Å². The van der Waals surface area contributed by atoms with Crippen molar-refractivity contribution >= 4 is 0 Å². The van der Waals surface area contributed by atoms with Crippen molar-refractivity contribution in [3.63, 3.8) is 0 Å². The van der Waals surface area contributed by atoms with Crippen LogP contribution in [0.5, 0.6) is 0 Å². The Kier molecular flexibility index (Phi) is 5.50. The smallest absolute Gasteiger partial charge is 0.0835 e. The van der Waals surface area contributed by atoms with Gasteiger partial charge in [0.05, 0.1) is 12.2 Å². The van der Waals surface area contributed by atoms with Crippen LogP contribution in [0.2, 0.25) is 0 Å². The molecular weight excluding hydrogens is 222 g/mol. The number of rotatable bonds is 3. The lowest BCUT2D eigenvalue weighted by atomic mass is 9.78. The third-order valence-corrected chi connectivity index (χ3v) is 4.75. The van der Waals surface area contributed by atoms with Gasteiger partial charge in [0.15, 0.2) is 0 Å². The summed E-state index contributed by atoms with van der Waals surface area (Å²) >= 11 is 0. The lowest BCUT2D eigenvalue weighted by Gasteiger charge is -2.46. The van der Waals surface area contributed by atoms with Gasteiger partial charge in [0, 0.05) is 12.6 Å². The normalized spacial score (nSPS) is 29.2. The van der Waals surface area contributed by atoms with Crippen molar-refractivity contribution in [1.82, 2.24) is 5.32 Å². The minimum atomic E-state index is 0.174. The van der Waals surface area contributed by atoms with Crippen molar-refractivity contribution in [3.05, 3.63) is 0 Å². The summed E-state index contributed by atoms with van der Waals surface area (Å²) in [5.74, 6) is 0.805. The molecule has 0 aromatic carbocycles. The van der Waals surface area contributed by atoms with Gasteiger partial charge in [-0.05, 0) is 31.6 Å². The van der Waals surface area contributed by atoms with Crippen LogP contribution in [0.1, 0.15) is 71.6 Å². The topological polar surface area (TPSA) is 21.3 Å². The lowest BCUT2D eigenvalue weighted by Crippen LogP contribution is -2.58. The summed E-state index contributed by atoms with van der Waals surface area (Å²) in [6.07, 6.45) is 12.1. The van der Waals surface area contributed by atoms with Crippen molar-refractivity contribution in [2.45, 2.75) is 83.3 Å². The van der Waals surface area contributed by atoms with Gasteiger partial charge in [0.1, 0.15) is 0 Å². The van der Waals surface area contributed by atoms with Crippen LogP contribution in [0.3, 0.4) is 0 Å². The summed E-state index contributed by atoms with van der Waals surface area (Å²) in [5, 5.41) is 3.76. The summed E-state index contributed by atoms with van der Waals surface area (Å²) in [4.78, 5) is 0. The molecule has 1 heterocycles. The maximum Gasteiger partial charge on any atom is 0.0835 e. The third kappa shape index (κ3) is 3.71. The van der Waals surface area contributed by atoms with E-state index >= 15 is 0 Å². The van der Waals surface area contributed by atoms with E-state index in [1.165, 1.54) is 57.8 Å². The molecule has 1 saturated carbocycles. The van der Waals surface area contributed by atoms with Crippen molar-refractivity contribution in [3.8, 4) is 0 Å². The van der Waals surface area contributed by atoms with Gasteiger partial charge in [-0.3, -0.25) is 0 Å². The minimum absolute atomic E-state index is 0.174. The summed E-state index contributed by atoms with van der Waals surface area (Å²) in [5.41, 5.74) is 0.174. The Hall–Kier alpha value is -0.0800. The highest BCUT2D eigenvalue weighted by atomic mass is 16.5. The van der Waals surface area contributed by atoms with Gasteiger partial charge in [0.25, 0.3) is 0 Å². The van der Waals surface area contributed by atoms with Crippen LogP contribution in [0, 0.1) is 5.92 Å². The average Bonchev–Trinajstić information content (AvgIpc) is 2.33. The minimum Gasteiger partial charge on any atom is -0.372 e. The van der Waals surface area contributed by atoms with E-state index in [4.69, 9.17) is 4.74 Å². The molecule has 2 fully saturated rings. The molecule has 18 heavy (non-hydrogen) atoms. The Morgan fingerprint density at radius 2 is 1.78 bits per heavy atom. The third-order valence-electron chi connectivity index (χ3n) is 4.75. The highest BCUT2D eigenvalue weighted by Gasteiger charge is 2.41. The zero-order chi connectivity index (χ0) is 12.8. The van der Waals surface area contributed by atoms with E-state index in [1.54, 1.807) is 0 Å². The van der Waals surface area contributed by atoms with Crippen molar-refractivity contribution in [2.24, 2.45) is 5.92 Å². The van der Waals surface area contributed by atoms with Gasteiger partial charge in [-0.25, -0.2) is 0 Å². The van der Waals surface area contributed by atoms with Crippen LogP contribution in [-0.4, -0.2) is 24.8 Å². The van der Waals surface area contributed by atoms with Crippen LogP contribution < -0.4 is 5.32 Å². The Morgan fingerprint density at radius 1 is 1.11 bits per heavy atom. The molecule has 2 aliphatic rings. The molecule has 2 rings (SSSR count). The van der Waals surface area contributed by atoms with Crippen LogP contribution >= 0.6 is 0 Å². The van der Waals surface area contributed by atoms with E-state index in [9.17, 15) is 0 Å². The van der Waals surface area contributed by atoms with Crippen LogP contribution in [0.4, 0.5) is 0 Å². The predicted octanol–water partition coefficient (Wildman–Crippen LogP) is 3.89. The standard InChI is InChI=1S/C16H31NO/c1-14(2)8-9-15-16(18-13-12-17-15)10-6-4-3-5-7-11-16/h14-15,17H,3-13H2,1-2H3. The van der Waals surface area contributed by atoms with Gasteiger partial charge < -0.3 is 10.1 Å². The Balaban J connectivity index is 1.98. The van der Waals surface area contributed by atoms with E-state index in [0.717, 1.165) is 19.1 Å². The quantitative estimate of drug-likeness (QED) is 0.824. The second kappa shape index (κ2) is 6.91. The van der Waals surface area contributed by atoms with E-state index in [2.05, 4.69) is 19.2 Å². The van der Waals surface area contributed by atoms with Gasteiger partial charge in [0.2, 0.25) is 0 Å². The van der Waals surface area contributed by atoms with E-state index in [1.807, 2.05) is 0 Å². The molecule has 1 saturated heterocycles. The molecular formula is C16H31NO. The van der Waals surface area contributed by atoms with Gasteiger partial charge in [-0.2, -0.15) is 0 Å². The summed E-state index contributed by atoms with van der Waals surface area (Å²) in [6.45, 7) is 6.62. The van der Waals surface area contributed by atoms with Crippen molar-refractivity contribution < 1.29 is 4.74 Å². The molecule has 1 aliphatic carbocycles. The van der Waals surface area contributed by atoms with Crippen molar-refractivity contribution in [2.75, 3.05) is 13.2 Å². The molecule has 106 valence electrons. The molecule has 1 unspecified atom stereocenters. The first-order chi connectivity index (χ1) is 8.73. The number of ether oxygens (including phenoxy) is 1. The van der Waals surface area contributed by atoms with Crippen LogP contribution in [0.25, 0.3) is 0 Å². The van der Waals surface area contributed by atoms with E-state index < -0.39 is 0 Å². The maximum absolute atomic E-state index is 6.32. The zero-order valence-corrected chi connectivity index (χ0v) is 12.3. The Morgan fingerprint density at radius 3 is 2.44 bits per heavy atom. The first kappa shape index (κ1) is 14.3. The highest BCUT2D eigenvalue weighted by Crippen LogP contribution is 2.36. The van der Waals surface area contributed by atoms with Crippen molar-refractivity contribution in [1.29, 1.82) is 0 Å². The fourth-order valence-corrected chi connectivity index (χ4v) is 3.64. The average molecular weight is 253 g/mol. The number of nitrogens with one attached hydrogen (secondary N) is 1. The van der Waals surface area contributed by atoms with Gasteiger partial charge >= 0.3 is 0 Å². The lowest BCUT2D eigenvalue weighted by molar-refractivity contribution is -0.114. The second-order valence-electron chi connectivity index (χ2n) is 6.66. The molecule has 0 aromatic rings. The predicted molar refractivity (Wildman–Crippen MR) is 76.9 cm³/mol. The molecule has 0 radical (unpaired) electrons. The largest absolute Gasteiger partial charge is 0.372 e. The first-order valence-electron chi connectivity index (χ1n) is 8.10. The monoisotopic (exact) mass is 253 g/mol. The molecule has 0 bridgehead atoms. The molecule has 2 heteroatoms. The van der Waals surface area contributed by atoms with Gasteiger partial charge in [-0.15, -0.1) is 0 Å². The Labute approximate surface area is 113 Å².